The second-order valence-corrected chi connectivity index (χ2v) is 13.6. The Bertz CT molecular complexity index is 1410. The number of hydrogen-bond acceptors (Lipinski definition) is 5. The van der Waals surface area contributed by atoms with E-state index in [0.717, 1.165) is 29.5 Å². The topological polar surface area (TPSA) is 89.3 Å². The van der Waals surface area contributed by atoms with Crippen molar-refractivity contribution >= 4 is 19.9 Å². The van der Waals surface area contributed by atoms with E-state index in [1.807, 2.05) is 52.0 Å². The van der Waals surface area contributed by atoms with Crippen molar-refractivity contribution in [1.82, 2.24) is 13.9 Å². The number of aryl methyl sites for hydroxylation is 2. The third-order valence-corrected chi connectivity index (χ3v) is 9.72. The quantitative estimate of drug-likeness (QED) is 0.397. The first-order valence-electron chi connectivity index (χ1n) is 11.9. The van der Waals surface area contributed by atoms with E-state index in [2.05, 4.69) is 4.98 Å². The van der Waals surface area contributed by atoms with Crippen molar-refractivity contribution in [1.29, 1.82) is 0 Å². The van der Waals surface area contributed by atoms with Crippen LogP contribution in [0.5, 0.6) is 0 Å². The minimum absolute atomic E-state index is 0.00654. The minimum atomic E-state index is -3.74. The number of rotatable bonds is 10. The highest BCUT2D eigenvalue weighted by Gasteiger charge is 2.39. The molecule has 0 aliphatic heterocycles. The lowest BCUT2D eigenvalue weighted by molar-refractivity contribution is 0.376. The van der Waals surface area contributed by atoms with Crippen molar-refractivity contribution in [3.8, 4) is 0 Å². The molecule has 3 aromatic rings. The van der Waals surface area contributed by atoms with Crippen LogP contribution >= 0.6 is 0 Å². The van der Waals surface area contributed by atoms with Crippen LogP contribution < -0.4 is 0 Å². The molecule has 188 valence electrons. The first kappa shape index (κ1) is 25.6. The molecule has 1 heterocycles. The molecule has 0 radical (unpaired) electrons. The molecule has 1 aromatic heterocycles. The van der Waals surface area contributed by atoms with E-state index in [1.54, 1.807) is 28.8 Å². The molecule has 1 saturated carbocycles. The third kappa shape index (κ3) is 5.68. The van der Waals surface area contributed by atoms with Crippen molar-refractivity contribution in [3.05, 3.63) is 77.1 Å². The molecule has 0 amide bonds. The SMILES string of the molecule is Cc1ccc(S(=O)(=O)N(Cc2cnc(S(=O)(=O)Cc3ccccc3C)n2CC(C)C)C2CC2)cc1. The number of sulfone groups is 1. The van der Waals surface area contributed by atoms with Gasteiger partial charge in [0.2, 0.25) is 25.0 Å². The van der Waals surface area contributed by atoms with E-state index < -0.39 is 19.9 Å². The van der Waals surface area contributed by atoms with Crippen molar-refractivity contribution in [2.45, 2.75) is 75.5 Å². The van der Waals surface area contributed by atoms with Gasteiger partial charge in [0, 0.05) is 12.6 Å². The fraction of sp³-hybridized carbons (Fsp3) is 0.423. The summed E-state index contributed by atoms with van der Waals surface area (Å²) in [7, 11) is -7.48. The van der Waals surface area contributed by atoms with Crippen LogP contribution in [0.1, 0.15) is 49.1 Å². The molecule has 7 nitrogen and oxygen atoms in total. The maximum absolute atomic E-state index is 13.5. The van der Waals surface area contributed by atoms with Crippen LogP contribution in [-0.4, -0.2) is 36.7 Å². The molecule has 1 aliphatic rings. The van der Waals surface area contributed by atoms with Crippen molar-refractivity contribution in [2.75, 3.05) is 0 Å². The van der Waals surface area contributed by atoms with Gasteiger partial charge in [-0.15, -0.1) is 0 Å². The average Bonchev–Trinajstić information content (AvgIpc) is 3.54. The van der Waals surface area contributed by atoms with Gasteiger partial charge in [0.05, 0.1) is 29.1 Å². The van der Waals surface area contributed by atoms with E-state index in [1.165, 1.54) is 10.5 Å². The smallest absolute Gasteiger partial charge is 0.243 e. The summed E-state index contributed by atoms with van der Waals surface area (Å²) in [4.78, 5) is 4.57. The lowest BCUT2D eigenvalue weighted by atomic mass is 10.1. The van der Waals surface area contributed by atoms with E-state index in [9.17, 15) is 16.8 Å². The summed E-state index contributed by atoms with van der Waals surface area (Å²) in [6.45, 7) is 8.33. The molecule has 0 unspecified atom stereocenters. The fourth-order valence-corrected chi connectivity index (χ4v) is 7.41. The highest BCUT2D eigenvalue weighted by atomic mass is 32.2. The van der Waals surface area contributed by atoms with E-state index in [4.69, 9.17) is 0 Å². The highest BCUT2D eigenvalue weighted by Crippen LogP contribution is 2.34. The number of hydrogen-bond donors (Lipinski definition) is 0. The Morgan fingerprint density at radius 2 is 1.66 bits per heavy atom. The Kier molecular flexibility index (Phi) is 7.22. The summed E-state index contributed by atoms with van der Waals surface area (Å²) in [5.74, 6) is 0.000766. The van der Waals surface area contributed by atoms with Gasteiger partial charge in [-0.2, -0.15) is 4.31 Å². The summed E-state index contributed by atoms with van der Waals surface area (Å²) in [5.41, 5.74) is 3.21. The Hall–Kier alpha value is -2.49. The van der Waals surface area contributed by atoms with Crippen LogP contribution in [0.4, 0.5) is 0 Å². The van der Waals surface area contributed by atoms with Crippen LogP contribution in [0.25, 0.3) is 0 Å². The molecule has 0 spiro atoms. The van der Waals surface area contributed by atoms with Gasteiger partial charge in [0.15, 0.2) is 0 Å². The molecule has 1 aliphatic carbocycles. The lowest BCUT2D eigenvalue weighted by Crippen LogP contribution is -2.33. The largest absolute Gasteiger partial charge is 0.317 e. The zero-order chi connectivity index (χ0) is 25.4. The Balaban J connectivity index is 1.70. The van der Waals surface area contributed by atoms with Crippen LogP contribution in [-0.2, 0) is 38.7 Å². The van der Waals surface area contributed by atoms with Gasteiger partial charge in [-0.25, -0.2) is 21.8 Å². The third-order valence-electron chi connectivity index (χ3n) is 6.23. The van der Waals surface area contributed by atoms with Crippen LogP contribution in [0, 0.1) is 19.8 Å². The second kappa shape index (κ2) is 9.87. The summed E-state index contributed by atoms with van der Waals surface area (Å²) >= 11 is 0. The molecule has 35 heavy (non-hydrogen) atoms. The molecule has 0 N–H and O–H groups in total. The average molecular weight is 516 g/mol. The molecule has 2 aromatic carbocycles. The Morgan fingerprint density at radius 1 is 1.00 bits per heavy atom. The van der Waals surface area contributed by atoms with Gasteiger partial charge >= 0.3 is 0 Å². The molecule has 4 rings (SSSR count). The van der Waals surface area contributed by atoms with Crippen LogP contribution in [0.2, 0.25) is 0 Å². The summed E-state index contributed by atoms with van der Waals surface area (Å²) in [6.07, 6.45) is 3.11. The molecule has 0 atom stereocenters. The number of benzene rings is 2. The van der Waals surface area contributed by atoms with E-state index in [-0.39, 0.29) is 34.3 Å². The normalized spacial score (nSPS) is 14.7. The first-order valence-corrected chi connectivity index (χ1v) is 15.0. The Labute approximate surface area is 208 Å². The number of sulfonamides is 1. The number of nitrogens with zero attached hydrogens (tertiary/aromatic N) is 3. The summed E-state index contributed by atoms with van der Waals surface area (Å²) in [5, 5.41) is -0.00654. The van der Waals surface area contributed by atoms with Gasteiger partial charge in [-0.3, -0.25) is 0 Å². The second-order valence-electron chi connectivity index (χ2n) is 9.82. The predicted octanol–water partition coefficient (Wildman–Crippen LogP) is 4.48. The molecular formula is C26H33N3O4S2. The van der Waals surface area contributed by atoms with E-state index >= 15 is 0 Å². The minimum Gasteiger partial charge on any atom is -0.317 e. The van der Waals surface area contributed by atoms with Gasteiger partial charge in [0.25, 0.3) is 0 Å². The standard InChI is InChI=1S/C26H33N3O4S2/c1-19(2)16-28-24(15-27-26(28)34(30,31)18-22-8-6-5-7-21(22)4)17-29(23-11-12-23)35(32,33)25-13-9-20(3)10-14-25/h5-10,13-15,19,23H,11-12,16-18H2,1-4H3. The van der Waals surface area contributed by atoms with Gasteiger partial charge in [0.1, 0.15) is 0 Å². The van der Waals surface area contributed by atoms with Crippen molar-refractivity contribution in [2.24, 2.45) is 5.92 Å². The van der Waals surface area contributed by atoms with Gasteiger partial charge < -0.3 is 4.57 Å². The highest BCUT2D eigenvalue weighted by molar-refractivity contribution is 7.90. The monoisotopic (exact) mass is 515 g/mol. The van der Waals surface area contributed by atoms with Crippen LogP contribution in [0.3, 0.4) is 0 Å². The van der Waals surface area contributed by atoms with Crippen molar-refractivity contribution in [3.63, 3.8) is 0 Å². The first-order chi connectivity index (χ1) is 16.5. The fourth-order valence-electron chi connectivity index (χ4n) is 4.15. The number of aromatic nitrogens is 2. The zero-order valence-electron chi connectivity index (χ0n) is 20.7. The predicted molar refractivity (Wildman–Crippen MR) is 136 cm³/mol. The molecule has 9 heteroatoms. The maximum Gasteiger partial charge on any atom is 0.243 e. The van der Waals surface area contributed by atoms with Gasteiger partial charge in [-0.05, 0) is 55.9 Å². The summed E-state index contributed by atoms with van der Waals surface area (Å²) in [6, 6.07) is 14.2. The molecular weight excluding hydrogens is 482 g/mol. The molecule has 0 bridgehead atoms. The van der Waals surface area contributed by atoms with Gasteiger partial charge in [-0.1, -0.05) is 55.8 Å². The zero-order valence-corrected chi connectivity index (χ0v) is 22.3. The van der Waals surface area contributed by atoms with Crippen molar-refractivity contribution < 1.29 is 16.8 Å². The maximum atomic E-state index is 13.5. The van der Waals surface area contributed by atoms with E-state index in [0.29, 0.717) is 12.2 Å². The molecule has 1 fully saturated rings. The lowest BCUT2D eigenvalue weighted by Gasteiger charge is -2.23. The Morgan fingerprint density at radius 3 is 2.26 bits per heavy atom. The molecule has 0 saturated heterocycles. The number of imidazole rings is 1. The van der Waals surface area contributed by atoms with Crippen LogP contribution in [0.15, 0.2) is 64.8 Å². The summed E-state index contributed by atoms with van der Waals surface area (Å²) < 4.78 is 57.1.